The first-order valence-corrected chi connectivity index (χ1v) is 1.80. The van der Waals surface area contributed by atoms with E-state index in [2.05, 4.69) is 23.3 Å². The molecule has 0 aliphatic rings. The number of rotatable bonds is 0. The Bertz CT molecular complexity index is 13.5. The smallest absolute Gasteiger partial charge is 1.00 e. The summed E-state index contributed by atoms with van der Waals surface area (Å²) in [7, 11) is 0. The Labute approximate surface area is 80.9 Å². The van der Waals surface area contributed by atoms with Crippen LogP contribution >= 0.6 is 23.3 Å². The third kappa shape index (κ3) is 21.0. The summed E-state index contributed by atoms with van der Waals surface area (Å²) in [5.41, 5.74) is 0. The second-order valence-corrected chi connectivity index (χ2v) is 0. The van der Waals surface area contributed by atoms with Gasteiger partial charge in [0.25, 0.3) is 0 Å². The summed E-state index contributed by atoms with van der Waals surface area (Å²) >= 11 is 6.44. The van der Waals surface area contributed by atoms with Gasteiger partial charge in [0, 0.05) is 38.1 Å². The van der Waals surface area contributed by atoms with Crippen molar-refractivity contribution in [3.8, 4) is 0 Å². The molecule has 0 fully saturated rings. The van der Waals surface area contributed by atoms with Crippen molar-refractivity contribution in [2.45, 2.75) is 0 Å². The summed E-state index contributed by atoms with van der Waals surface area (Å²) in [5.74, 6) is 0. The molecule has 1 radical (unpaired) electrons. The molecule has 0 bridgehead atoms. The van der Waals surface area contributed by atoms with Gasteiger partial charge in [-0.05, 0) is 0 Å². The van der Waals surface area contributed by atoms with Crippen molar-refractivity contribution in [1.29, 1.82) is 0 Å². The molecule has 29 valence electrons. The molecule has 0 atom stereocenters. The fourth-order valence-corrected chi connectivity index (χ4v) is 0. The van der Waals surface area contributed by atoms with Gasteiger partial charge in [0.05, 0.1) is 0 Å². The quantitative estimate of drug-likeness (QED) is 0.285. The van der Waals surface area contributed by atoms with Gasteiger partial charge in [-0.15, -0.1) is 23.3 Å². The number of hydrogen-bond acceptors (Lipinski definition) is 2. The predicted octanol–water partition coefficient (Wildman–Crippen LogP) is -2.13. The molecule has 0 aliphatic heterocycles. The first-order chi connectivity index (χ1) is 1.00. The van der Waals surface area contributed by atoms with Crippen molar-refractivity contribution in [2.75, 3.05) is 0 Å². The Kier molecular flexibility index (Phi) is 162. The molecule has 0 nitrogen and oxygen atoms in total. The standard InChI is InChI=1S/Li.Mn.H2S2.W.H/c;;1-2;;/h;;1-2H;;/q+1;;;;-1. The van der Waals surface area contributed by atoms with Gasteiger partial charge < -0.3 is 1.43 Å². The summed E-state index contributed by atoms with van der Waals surface area (Å²) in [6, 6.07) is 0. The maximum atomic E-state index is 3.22. The zero-order valence-electron chi connectivity index (χ0n) is 3.68. The van der Waals surface area contributed by atoms with E-state index in [0.29, 0.717) is 0 Å². The predicted molar refractivity (Wildman–Crippen MR) is 19.1 cm³/mol. The summed E-state index contributed by atoms with van der Waals surface area (Å²) in [6.07, 6.45) is 0. The average Bonchev–Trinajstić information content (AvgIpc) is 1.00. The van der Waals surface area contributed by atoms with Crippen LogP contribution in [-0.4, -0.2) is 0 Å². The summed E-state index contributed by atoms with van der Waals surface area (Å²) in [5, 5.41) is 0. The molecular formula is H3LiMnS2W. The maximum absolute atomic E-state index is 3.22. The Morgan fingerprint density at radius 3 is 1.20 bits per heavy atom. The minimum absolute atomic E-state index is 0. The van der Waals surface area contributed by atoms with Gasteiger partial charge in [-0.3, -0.25) is 0 Å². The Hall–Kier alpha value is 2.51. The van der Waals surface area contributed by atoms with E-state index in [4.69, 9.17) is 0 Å². The topological polar surface area (TPSA) is 0 Å². The molecule has 0 N–H and O–H groups in total. The Morgan fingerprint density at radius 2 is 1.20 bits per heavy atom. The number of hydrogen-bond donors (Lipinski definition) is 2. The normalized spacial score (nSPS) is 1.20. The zero-order valence-corrected chi connectivity index (χ0v) is 8.58. The van der Waals surface area contributed by atoms with Crippen molar-refractivity contribution in [1.82, 2.24) is 0 Å². The molecule has 5 heavy (non-hydrogen) atoms. The van der Waals surface area contributed by atoms with Gasteiger partial charge in [-0.1, -0.05) is 0 Å². The van der Waals surface area contributed by atoms with Crippen LogP contribution in [-0.2, 0) is 38.1 Å². The fraction of sp³-hybridized carbons (Fsp3) is 0. The van der Waals surface area contributed by atoms with Crippen LogP contribution in [0.25, 0.3) is 0 Å². The monoisotopic (exact) mass is 313 g/mol. The van der Waals surface area contributed by atoms with Crippen LogP contribution in [0.2, 0.25) is 0 Å². The van der Waals surface area contributed by atoms with E-state index in [1.54, 1.807) is 0 Å². The van der Waals surface area contributed by atoms with Crippen molar-refractivity contribution in [3.05, 3.63) is 0 Å². The number of thiol groups is 2. The van der Waals surface area contributed by atoms with E-state index < -0.39 is 0 Å². The molecule has 0 rings (SSSR count). The van der Waals surface area contributed by atoms with Gasteiger partial charge in [-0.25, -0.2) is 0 Å². The van der Waals surface area contributed by atoms with E-state index in [1.165, 1.54) is 0 Å². The molecule has 0 spiro atoms. The largest absolute Gasteiger partial charge is 1.00 e. The molecule has 0 aliphatic carbocycles. The molecule has 0 unspecified atom stereocenters. The van der Waals surface area contributed by atoms with Crippen LogP contribution < -0.4 is 18.9 Å². The second-order valence-electron chi connectivity index (χ2n) is 0. The molecular weight excluding hydrogens is 310 g/mol. The zero-order chi connectivity index (χ0) is 2.00. The van der Waals surface area contributed by atoms with E-state index in [1.807, 2.05) is 0 Å². The fourth-order valence-electron chi connectivity index (χ4n) is 0. The molecule has 0 amide bonds. The van der Waals surface area contributed by atoms with Crippen molar-refractivity contribution in [3.63, 3.8) is 0 Å². The molecule has 0 aromatic heterocycles. The van der Waals surface area contributed by atoms with Crippen LogP contribution in [0.4, 0.5) is 0 Å². The third-order valence-electron chi connectivity index (χ3n) is 0. The van der Waals surface area contributed by atoms with Crippen molar-refractivity contribution >= 4 is 23.3 Å². The summed E-state index contributed by atoms with van der Waals surface area (Å²) < 4.78 is 0. The third-order valence-corrected chi connectivity index (χ3v) is 0. The second kappa shape index (κ2) is 31.4. The first kappa shape index (κ1) is 25.8. The van der Waals surface area contributed by atoms with Gasteiger partial charge in [0.2, 0.25) is 0 Å². The minimum atomic E-state index is 0. The van der Waals surface area contributed by atoms with Crippen LogP contribution in [0, 0.1) is 0 Å². The van der Waals surface area contributed by atoms with Crippen molar-refractivity contribution in [2.24, 2.45) is 0 Å². The van der Waals surface area contributed by atoms with Gasteiger partial charge in [0.1, 0.15) is 0 Å². The van der Waals surface area contributed by atoms with Crippen molar-refractivity contribution < 1.29 is 58.4 Å². The molecule has 5 heteroatoms. The Morgan fingerprint density at radius 1 is 1.20 bits per heavy atom. The molecule has 0 aromatic rings. The molecule has 0 saturated carbocycles. The molecule has 0 heterocycles. The van der Waals surface area contributed by atoms with Crippen LogP contribution in [0.5, 0.6) is 0 Å². The van der Waals surface area contributed by atoms with E-state index >= 15 is 0 Å². The molecule has 0 saturated heterocycles. The van der Waals surface area contributed by atoms with Gasteiger partial charge >= 0.3 is 18.9 Å². The minimum Gasteiger partial charge on any atom is -1.00 e. The van der Waals surface area contributed by atoms with Gasteiger partial charge in [0.15, 0.2) is 0 Å². The van der Waals surface area contributed by atoms with E-state index in [-0.39, 0.29) is 58.4 Å². The van der Waals surface area contributed by atoms with Crippen LogP contribution in [0.15, 0.2) is 0 Å². The van der Waals surface area contributed by atoms with E-state index in [0.717, 1.165) is 0 Å². The average molecular weight is 313 g/mol. The maximum Gasteiger partial charge on any atom is 1.00 e. The Balaban J connectivity index is -0.000000000833. The van der Waals surface area contributed by atoms with E-state index in [9.17, 15) is 0 Å². The van der Waals surface area contributed by atoms with Gasteiger partial charge in [-0.2, -0.15) is 0 Å². The SMILES string of the molecule is SS.[H-].[Li+].[Mn].[W]. The van der Waals surface area contributed by atoms with Crippen LogP contribution in [0.1, 0.15) is 1.43 Å². The van der Waals surface area contributed by atoms with Crippen LogP contribution in [0.3, 0.4) is 0 Å². The first-order valence-electron chi connectivity index (χ1n) is 0.200. The summed E-state index contributed by atoms with van der Waals surface area (Å²) in [4.78, 5) is 0. The molecule has 0 aromatic carbocycles. The summed E-state index contributed by atoms with van der Waals surface area (Å²) in [6.45, 7) is 0.